The van der Waals surface area contributed by atoms with Gasteiger partial charge in [0.05, 0.1) is 0 Å². The molecule has 1 unspecified atom stereocenters. The molecule has 3 atom stereocenters. The average Bonchev–Trinajstić information content (AvgIpc) is 3.58. The van der Waals surface area contributed by atoms with Crippen molar-refractivity contribution in [2.75, 3.05) is 6.54 Å². The van der Waals surface area contributed by atoms with Gasteiger partial charge >= 0.3 is 0 Å². The minimum absolute atomic E-state index is 0.0882. The molecule has 4 aliphatic rings. The van der Waals surface area contributed by atoms with E-state index in [1.807, 2.05) is 18.5 Å². The fraction of sp³-hybridized carbons (Fsp3) is 0.243. The summed E-state index contributed by atoms with van der Waals surface area (Å²) in [5, 5.41) is 0.554. The Bertz CT molecular complexity index is 1650. The molecule has 0 amide bonds. The first-order chi connectivity index (χ1) is 20.2. The zero-order valence-corrected chi connectivity index (χ0v) is 23.7. The first-order valence-electron chi connectivity index (χ1n) is 14.6. The highest BCUT2D eigenvalue weighted by molar-refractivity contribution is 6.29. The molecule has 0 radical (unpaired) electrons. The van der Waals surface area contributed by atoms with Crippen LogP contribution in [0, 0.1) is 11.3 Å². The number of hydrogen-bond donors (Lipinski definition) is 0. The Balaban J connectivity index is 1.18. The van der Waals surface area contributed by atoms with Crippen molar-refractivity contribution in [3.05, 3.63) is 155 Å². The summed E-state index contributed by atoms with van der Waals surface area (Å²) in [5.41, 5.74) is 8.31. The highest BCUT2D eigenvalue weighted by Crippen LogP contribution is 2.82. The van der Waals surface area contributed by atoms with Crippen molar-refractivity contribution in [2.45, 2.75) is 36.8 Å². The molecular weight excluding hydrogens is 522 g/mol. The van der Waals surface area contributed by atoms with Gasteiger partial charge in [-0.3, -0.25) is 9.88 Å². The van der Waals surface area contributed by atoms with Crippen molar-refractivity contribution in [1.29, 1.82) is 0 Å². The molecule has 41 heavy (non-hydrogen) atoms. The van der Waals surface area contributed by atoms with Gasteiger partial charge in [0, 0.05) is 43.1 Å². The van der Waals surface area contributed by atoms with Crippen LogP contribution >= 0.6 is 11.6 Å². The van der Waals surface area contributed by atoms with Gasteiger partial charge in [-0.1, -0.05) is 109 Å². The molecule has 4 fully saturated rings. The van der Waals surface area contributed by atoms with Gasteiger partial charge in [-0.2, -0.15) is 0 Å². The summed E-state index contributed by atoms with van der Waals surface area (Å²) < 4.78 is 0. The van der Waals surface area contributed by atoms with Crippen LogP contribution in [0.4, 0.5) is 0 Å². The fourth-order valence-electron chi connectivity index (χ4n) is 8.89. The van der Waals surface area contributed by atoms with Crippen molar-refractivity contribution >= 4 is 11.6 Å². The Kier molecular flexibility index (Phi) is 5.87. The second-order valence-electron chi connectivity index (χ2n) is 12.3. The highest BCUT2D eigenvalue weighted by atomic mass is 35.5. The lowest BCUT2D eigenvalue weighted by molar-refractivity contribution is 0.0295. The number of nitrogens with zero attached hydrogens (tertiary/aromatic N) is 3. The normalized spacial score (nSPS) is 28.3. The molecule has 0 N–H and O–H groups in total. The lowest BCUT2D eigenvalue weighted by Gasteiger charge is -2.53. The molecular formula is C37H32ClN3. The summed E-state index contributed by atoms with van der Waals surface area (Å²) in [4.78, 5) is 11.9. The summed E-state index contributed by atoms with van der Waals surface area (Å²) >= 11 is 6.26. The summed E-state index contributed by atoms with van der Waals surface area (Å²) in [6.45, 7) is 2.01. The smallest absolute Gasteiger partial charge is 0.129 e. The summed E-state index contributed by atoms with van der Waals surface area (Å²) in [6.07, 6.45) is 8.37. The largest absolute Gasteiger partial charge is 0.291 e. The number of benzene rings is 3. The van der Waals surface area contributed by atoms with E-state index in [-0.39, 0.29) is 10.8 Å². The minimum Gasteiger partial charge on any atom is -0.291 e. The summed E-state index contributed by atoms with van der Waals surface area (Å²) in [5.74, 6) is 0.910. The monoisotopic (exact) mass is 553 g/mol. The maximum atomic E-state index is 6.26. The molecule has 3 saturated carbocycles. The van der Waals surface area contributed by atoms with E-state index in [4.69, 9.17) is 11.6 Å². The number of likely N-dealkylation sites (tertiary alicyclic amines) is 1. The SMILES string of the molecule is Clc1ccc(C2[C@H]3CN(Cc4ccc(-c5ccccc5)cc4)[C@H](c4ccccc4)C34CC2(c2cccnc2)C4)cn1. The lowest BCUT2D eigenvalue weighted by Crippen LogP contribution is -2.47. The predicted molar refractivity (Wildman–Crippen MR) is 165 cm³/mol. The predicted octanol–water partition coefficient (Wildman–Crippen LogP) is 8.49. The molecule has 1 aliphatic heterocycles. The van der Waals surface area contributed by atoms with Crippen LogP contribution in [0.5, 0.6) is 0 Å². The van der Waals surface area contributed by atoms with Crippen LogP contribution in [0.15, 0.2) is 128 Å². The van der Waals surface area contributed by atoms with Gasteiger partial charge in [-0.05, 0) is 75.6 Å². The van der Waals surface area contributed by atoms with E-state index in [9.17, 15) is 0 Å². The minimum atomic E-state index is 0.0882. The van der Waals surface area contributed by atoms with Crippen molar-refractivity contribution in [2.24, 2.45) is 11.3 Å². The quantitative estimate of drug-likeness (QED) is 0.197. The standard InChI is InChI=1S/C37H32ClN3/c38-33-18-17-30(20-40-33)34-32-23-41(22-26-13-15-28(16-14-26)27-8-3-1-4-9-27)35(29-10-5-2-6-11-29)37(32)24-36(34,25-37)31-12-7-19-39-21-31/h1-21,32,34-35H,22-25H2/t32-,34?,35-,36?,37?/m1/s1. The van der Waals surface area contributed by atoms with Crippen LogP contribution < -0.4 is 0 Å². The van der Waals surface area contributed by atoms with Crippen LogP contribution in [0.1, 0.15) is 47.1 Å². The van der Waals surface area contributed by atoms with E-state index in [0.29, 0.717) is 23.0 Å². The Labute approximate surface area is 246 Å². The van der Waals surface area contributed by atoms with E-state index in [1.54, 1.807) is 0 Å². The van der Waals surface area contributed by atoms with Crippen molar-refractivity contribution in [1.82, 2.24) is 14.9 Å². The molecule has 5 aromatic rings. The maximum Gasteiger partial charge on any atom is 0.129 e. The second kappa shape index (κ2) is 9.65. The van der Waals surface area contributed by atoms with Crippen LogP contribution in [-0.4, -0.2) is 21.4 Å². The van der Waals surface area contributed by atoms with E-state index in [2.05, 4.69) is 124 Å². The van der Waals surface area contributed by atoms with Gasteiger partial charge in [0.15, 0.2) is 0 Å². The molecule has 4 heteroatoms. The fourth-order valence-corrected chi connectivity index (χ4v) is 9.00. The van der Waals surface area contributed by atoms with E-state index in [0.717, 1.165) is 13.1 Å². The van der Waals surface area contributed by atoms with Crippen LogP contribution in [0.2, 0.25) is 5.15 Å². The zero-order chi connectivity index (χ0) is 27.4. The second-order valence-corrected chi connectivity index (χ2v) is 12.7. The maximum absolute atomic E-state index is 6.26. The molecule has 202 valence electrons. The Morgan fingerprint density at radius 1 is 0.732 bits per heavy atom. The van der Waals surface area contributed by atoms with E-state index < -0.39 is 0 Å². The lowest BCUT2D eigenvalue weighted by atomic mass is 9.53. The average molecular weight is 554 g/mol. The number of pyridine rings is 2. The van der Waals surface area contributed by atoms with Crippen molar-refractivity contribution < 1.29 is 0 Å². The topological polar surface area (TPSA) is 29.0 Å². The Morgan fingerprint density at radius 2 is 1.46 bits per heavy atom. The molecule has 2 bridgehead atoms. The third kappa shape index (κ3) is 3.90. The van der Waals surface area contributed by atoms with Gasteiger partial charge in [0.1, 0.15) is 5.15 Å². The van der Waals surface area contributed by atoms with Crippen LogP contribution in [0.25, 0.3) is 11.1 Å². The molecule has 3 aromatic carbocycles. The van der Waals surface area contributed by atoms with Crippen LogP contribution in [-0.2, 0) is 12.0 Å². The van der Waals surface area contributed by atoms with Gasteiger partial charge in [0.25, 0.3) is 0 Å². The third-order valence-electron chi connectivity index (χ3n) is 10.3. The summed E-state index contributed by atoms with van der Waals surface area (Å²) in [7, 11) is 0. The van der Waals surface area contributed by atoms with Crippen LogP contribution in [0.3, 0.4) is 0 Å². The first-order valence-corrected chi connectivity index (χ1v) is 15.0. The molecule has 2 aromatic heterocycles. The van der Waals surface area contributed by atoms with Crippen molar-refractivity contribution in [3.8, 4) is 11.1 Å². The summed E-state index contributed by atoms with van der Waals surface area (Å²) in [6, 6.07) is 40.0. The Hall–Kier alpha value is -3.79. The zero-order valence-electron chi connectivity index (χ0n) is 22.9. The molecule has 9 rings (SSSR count). The highest BCUT2D eigenvalue weighted by Gasteiger charge is 2.77. The van der Waals surface area contributed by atoms with E-state index in [1.165, 1.54) is 46.2 Å². The number of aromatic nitrogens is 2. The van der Waals surface area contributed by atoms with Gasteiger partial charge in [-0.15, -0.1) is 0 Å². The van der Waals surface area contributed by atoms with Gasteiger partial charge in [0.2, 0.25) is 0 Å². The van der Waals surface area contributed by atoms with Gasteiger partial charge < -0.3 is 0 Å². The third-order valence-corrected chi connectivity index (χ3v) is 10.5. The molecule has 1 saturated heterocycles. The Morgan fingerprint density at radius 3 is 2.15 bits per heavy atom. The molecule has 3 nitrogen and oxygen atoms in total. The van der Waals surface area contributed by atoms with Gasteiger partial charge in [-0.25, -0.2) is 4.98 Å². The van der Waals surface area contributed by atoms with Crippen molar-refractivity contribution in [3.63, 3.8) is 0 Å². The van der Waals surface area contributed by atoms with E-state index >= 15 is 0 Å². The number of hydrogen-bond acceptors (Lipinski definition) is 3. The number of rotatable bonds is 6. The first kappa shape index (κ1) is 25.0. The number of halogens is 1. The molecule has 3 heterocycles. The molecule has 1 spiro atoms. The molecule has 3 aliphatic carbocycles.